The van der Waals surface area contributed by atoms with Crippen LogP contribution in [0.15, 0.2) is 23.3 Å². The SMILES string of the molecule is COC(=O)C1CCC[C@@]2(C)C1CCC1=CC(C(C)C)=CC[C@H]12. The van der Waals surface area contributed by atoms with Gasteiger partial charge < -0.3 is 4.74 Å². The number of hydrogen-bond acceptors (Lipinski definition) is 2. The number of allylic oxidation sites excluding steroid dienone is 4. The van der Waals surface area contributed by atoms with Crippen LogP contribution in [0.3, 0.4) is 0 Å². The van der Waals surface area contributed by atoms with Crippen molar-refractivity contribution in [2.24, 2.45) is 29.1 Å². The van der Waals surface area contributed by atoms with E-state index in [9.17, 15) is 4.79 Å². The molecule has 0 spiro atoms. The molecule has 0 saturated heterocycles. The summed E-state index contributed by atoms with van der Waals surface area (Å²) in [4.78, 5) is 12.2. The summed E-state index contributed by atoms with van der Waals surface area (Å²) < 4.78 is 5.10. The third-order valence-corrected chi connectivity index (χ3v) is 6.66. The number of fused-ring (bicyclic) bond motifs is 3. The van der Waals surface area contributed by atoms with Gasteiger partial charge in [-0.25, -0.2) is 0 Å². The van der Waals surface area contributed by atoms with Crippen LogP contribution in [0.2, 0.25) is 0 Å². The number of rotatable bonds is 2. The molecule has 0 amide bonds. The summed E-state index contributed by atoms with van der Waals surface area (Å²) in [6.45, 7) is 7.01. The molecule has 0 aliphatic heterocycles. The van der Waals surface area contributed by atoms with Gasteiger partial charge in [0, 0.05) is 0 Å². The lowest BCUT2D eigenvalue weighted by Crippen LogP contribution is -2.48. The zero-order chi connectivity index (χ0) is 15.9. The van der Waals surface area contributed by atoms with E-state index in [1.807, 2.05) is 0 Å². The molecule has 0 aromatic rings. The molecule has 2 saturated carbocycles. The van der Waals surface area contributed by atoms with Crippen molar-refractivity contribution in [1.29, 1.82) is 0 Å². The van der Waals surface area contributed by atoms with Gasteiger partial charge in [-0.2, -0.15) is 0 Å². The summed E-state index contributed by atoms with van der Waals surface area (Å²) in [5.74, 6) is 1.91. The van der Waals surface area contributed by atoms with Crippen LogP contribution in [-0.4, -0.2) is 13.1 Å². The molecule has 22 heavy (non-hydrogen) atoms. The normalized spacial score (nSPS) is 37.8. The van der Waals surface area contributed by atoms with Crippen molar-refractivity contribution < 1.29 is 9.53 Å². The summed E-state index contributed by atoms with van der Waals surface area (Å²) in [5, 5.41) is 0. The second kappa shape index (κ2) is 5.86. The molecule has 3 rings (SSSR count). The van der Waals surface area contributed by atoms with E-state index in [1.54, 1.807) is 12.7 Å². The second-order valence-electron chi connectivity index (χ2n) is 8.04. The lowest BCUT2D eigenvalue weighted by Gasteiger charge is -2.54. The Balaban J connectivity index is 1.88. The molecule has 3 aliphatic rings. The number of carbonyl (C=O) groups excluding carboxylic acids is 1. The van der Waals surface area contributed by atoms with Gasteiger partial charge in [0.2, 0.25) is 0 Å². The molecule has 2 heteroatoms. The Kier molecular flexibility index (Phi) is 4.22. The van der Waals surface area contributed by atoms with Crippen LogP contribution in [0.4, 0.5) is 0 Å². The lowest BCUT2D eigenvalue weighted by atomic mass is 9.50. The Labute approximate surface area is 135 Å². The Morgan fingerprint density at radius 3 is 2.82 bits per heavy atom. The maximum absolute atomic E-state index is 12.2. The highest BCUT2D eigenvalue weighted by Crippen LogP contribution is 2.59. The molecule has 0 bridgehead atoms. The molecule has 2 nitrogen and oxygen atoms in total. The monoisotopic (exact) mass is 302 g/mol. The summed E-state index contributed by atoms with van der Waals surface area (Å²) >= 11 is 0. The molecule has 2 unspecified atom stereocenters. The summed E-state index contributed by atoms with van der Waals surface area (Å²) in [5.41, 5.74) is 3.43. The number of ether oxygens (including phenoxy) is 1. The van der Waals surface area contributed by atoms with Crippen LogP contribution >= 0.6 is 0 Å². The van der Waals surface area contributed by atoms with Gasteiger partial charge in [-0.3, -0.25) is 4.79 Å². The molecule has 0 aromatic heterocycles. The van der Waals surface area contributed by atoms with Crippen LogP contribution in [-0.2, 0) is 9.53 Å². The first kappa shape index (κ1) is 15.8. The first-order valence-corrected chi connectivity index (χ1v) is 8.95. The largest absolute Gasteiger partial charge is 0.469 e. The van der Waals surface area contributed by atoms with E-state index in [1.165, 1.54) is 24.8 Å². The van der Waals surface area contributed by atoms with Gasteiger partial charge in [0.25, 0.3) is 0 Å². The third kappa shape index (κ3) is 2.45. The molecule has 0 aromatic carbocycles. The number of hydrogen-bond donors (Lipinski definition) is 0. The van der Waals surface area contributed by atoms with Gasteiger partial charge in [-0.1, -0.05) is 44.9 Å². The fourth-order valence-corrected chi connectivity index (χ4v) is 5.39. The minimum Gasteiger partial charge on any atom is -0.469 e. The Bertz CT molecular complexity index is 514. The molecule has 0 heterocycles. The zero-order valence-electron chi connectivity index (χ0n) is 14.5. The second-order valence-corrected chi connectivity index (χ2v) is 8.04. The highest BCUT2D eigenvalue weighted by Gasteiger charge is 2.52. The third-order valence-electron chi connectivity index (χ3n) is 6.66. The summed E-state index contributed by atoms with van der Waals surface area (Å²) in [6.07, 6.45) is 11.9. The molecule has 4 atom stereocenters. The molecule has 3 aliphatic carbocycles. The van der Waals surface area contributed by atoms with E-state index in [4.69, 9.17) is 4.74 Å². The first-order chi connectivity index (χ1) is 10.5. The molecule has 0 N–H and O–H groups in total. The van der Waals surface area contributed by atoms with E-state index >= 15 is 0 Å². The van der Waals surface area contributed by atoms with Crippen molar-refractivity contribution in [1.82, 2.24) is 0 Å². The van der Waals surface area contributed by atoms with Gasteiger partial charge in [0.15, 0.2) is 0 Å². The Morgan fingerprint density at radius 1 is 1.36 bits per heavy atom. The predicted molar refractivity (Wildman–Crippen MR) is 89.3 cm³/mol. The predicted octanol–water partition coefficient (Wildman–Crippen LogP) is 4.90. The van der Waals surface area contributed by atoms with Gasteiger partial charge in [0.05, 0.1) is 13.0 Å². The molecule has 2 fully saturated rings. The van der Waals surface area contributed by atoms with Gasteiger partial charge in [0.1, 0.15) is 0 Å². The van der Waals surface area contributed by atoms with Crippen LogP contribution in [0.25, 0.3) is 0 Å². The van der Waals surface area contributed by atoms with Crippen LogP contribution in [0, 0.1) is 29.1 Å². The minimum atomic E-state index is 0.0255. The fourth-order valence-electron chi connectivity index (χ4n) is 5.39. The maximum Gasteiger partial charge on any atom is 0.308 e. The van der Waals surface area contributed by atoms with Crippen molar-refractivity contribution >= 4 is 5.97 Å². The average Bonchev–Trinajstić information content (AvgIpc) is 2.52. The Morgan fingerprint density at radius 2 is 2.14 bits per heavy atom. The van der Waals surface area contributed by atoms with Gasteiger partial charge in [-0.05, 0) is 60.8 Å². The van der Waals surface area contributed by atoms with Crippen molar-refractivity contribution in [2.75, 3.05) is 7.11 Å². The quantitative estimate of drug-likeness (QED) is 0.678. The number of methoxy groups -OCH3 is 1. The van der Waals surface area contributed by atoms with Crippen molar-refractivity contribution in [3.05, 3.63) is 23.3 Å². The standard InChI is InChI=1S/C20H30O2/c1-13(2)14-7-9-17-15(12-14)8-10-18-16(19(21)22-4)6-5-11-20(17,18)3/h7,12-13,16-18H,5-6,8-11H2,1-4H3/t16?,17-,18?,20-/m1/s1. The van der Waals surface area contributed by atoms with Crippen LogP contribution in [0.5, 0.6) is 0 Å². The molecular formula is C20H30O2. The van der Waals surface area contributed by atoms with E-state index in [-0.39, 0.29) is 17.3 Å². The number of esters is 1. The first-order valence-electron chi connectivity index (χ1n) is 8.95. The van der Waals surface area contributed by atoms with Crippen LogP contribution < -0.4 is 0 Å². The van der Waals surface area contributed by atoms with E-state index in [0.29, 0.717) is 17.8 Å². The van der Waals surface area contributed by atoms with Gasteiger partial charge >= 0.3 is 5.97 Å². The zero-order valence-corrected chi connectivity index (χ0v) is 14.5. The summed E-state index contributed by atoms with van der Waals surface area (Å²) in [7, 11) is 1.54. The lowest BCUT2D eigenvalue weighted by molar-refractivity contribution is -0.154. The van der Waals surface area contributed by atoms with Crippen molar-refractivity contribution in [3.8, 4) is 0 Å². The minimum absolute atomic E-state index is 0.0255. The molecule has 0 radical (unpaired) electrons. The van der Waals surface area contributed by atoms with Crippen molar-refractivity contribution in [2.45, 2.75) is 59.3 Å². The average molecular weight is 302 g/mol. The smallest absolute Gasteiger partial charge is 0.308 e. The Hall–Kier alpha value is -1.05. The number of carbonyl (C=O) groups is 1. The van der Waals surface area contributed by atoms with Crippen LogP contribution in [0.1, 0.15) is 59.3 Å². The van der Waals surface area contributed by atoms with E-state index < -0.39 is 0 Å². The fraction of sp³-hybridized carbons (Fsp3) is 0.750. The molecule has 122 valence electrons. The summed E-state index contributed by atoms with van der Waals surface area (Å²) in [6, 6.07) is 0. The highest BCUT2D eigenvalue weighted by molar-refractivity contribution is 5.73. The van der Waals surface area contributed by atoms with E-state index in [2.05, 4.69) is 32.9 Å². The van der Waals surface area contributed by atoms with E-state index in [0.717, 1.165) is 19.3 Å². The van der Waals surface area contributed by atoms with Crippen molar-refractivity contribution in [3.63, 3.8) is 0 Å². The maximum atomic E-state index is 12.2. The van der Waals surface area contributed by atoms with Gasteiger partial charge in [-0.15, -0.1) is 0 Å². The molecular weight excluding hydrogens is 272 g/mol. The topological polar surface area (TPSA) is 26.3 Å². The highest BCUT2D eigenvalue weighted by atomic mass is 16.5.